The Morgan fingerprint density at radius 3 is 1.86 bits per heavy atom. The Labute approximate surface area is 493 Å². The monoisotopic (exact) mass is 1220 g/mol. The summed E-state index contributed by atoms with van der Waals surface area (Å²) in [5.74, 6) is -1.44. The van der Waals surface area contributed by atoms with Gasteiger partial charge in [-0.3, -0.25) is 4.79 Å². The molecule has 5 saturated heterocycles. The highest BCUT2D eigenvalue weighted by atomic mass is 16.8. The summed E-state index contributed by atoms with van der Waals surface area (Å²) in [7, 11) is 0. The van der Waals surface area contributed by atoms with Crippen LogP contribution in [0, 0.1) is 50.2 Å². The molecule has 27 heteroatoms. The second kappa shape index (κ2) is 24.0. The quantitative estimate of drug-likeness (QED) is 0.0448. The van der Waals surface area contributed by atoms with E-state index >= 15 is 4.79 Å². The lowest BCUT2D eigenvalue weighted by Gasteiger charge is -2.72. The molecule has 9 fully saturated rings. The van der Waals surface area contributed by atoms with Crippen molar-refractivity contribution < 1.29 is 134 Å². The van der Waals surface area contributed by atoms with E-state index in [-0.39, 0.29) is 23.7 Å². The van der Waals surface area contributed by atoms with Gasteiger partial charge in [-0.05, 0) is 104 Å². The van der Waals surface area contributed by atoms with E-state index in [0.717, 1.165) is 5.57 Å². The number of hydrogen-bond acceptors (Lipinski definition) is 27. The van der Waals surface area contributed by atoms with Gasteiger partial charge in [0.05, 0.1) is 63.4 Å². The van der Waals surface area contributed by atoms with E-state index in [0.29, 0.717) is 51.4 Å². The van der Waals surface area contributed by atoms with Crippen LogP contribution in [0.4, 0.5) is 0 Å². The van der Waals surface area contributed by atoms with Gasteiger partial charge >= 0.3 is 5.97 Å². The predicted octanol–water partition coefficient (Wildman–Crippen LogP) is -3.96. The van der Waals surface area contributed by atoms with Gasteiger partial charge in [-0.2, -0.15) is 0 Å². The standard InChI is InChI=1S/C58H94O27/c1-24-41(81-46-38(70)33(65)28(64)20-76-46)37(69)40(72)47(78-24)83-43-42(82-50-44(73)58(75,22-62)23-77-50)35(67)30(19-60)80-49(43)85-51(74)57-14-12-52(2,3)16-26(57)25-8-9-32-53(4)17-27(63)45(84-48-39(71)36(68)34(66)29(18-59)79-48)54(5,21-61)31(53)10-11-56(32,7)55(25,6)13-15-57/h8,24,26-50,59-73,75H,9-23H2,1-7H3/t24-,26-,27-,28+,29+,30+,31+,32+,33-,34+,35+,36-,37-,38+,39+,40+,41-,42-,43+,44-,45-,46-,47-,48-,49-,50-,53-,54-,55+,56+,57-,58+/m0/s1. The third kappa shape index (κ3) is 10.8. The number of aliphatic hydroxyl groups is 16. The van der Waals surface area contributed by atoms with Gasteiger partial charge < -0.3 is 129 Å². The van der Waals surface area contributed by atoms with Crippen molar-refractivity contribution in [2.45, 2.75) is 253 Å². The minimum atomic E-state index is -2.21. The fraction of sp³-hybridized carbons (Fsp3) is 0.948. The summed E-state index contributed by atoms with van der Waals surface area (Å²) < 4.78 is 60.3. The smallest absolute Gasteiger partial charge is 0.315 e. The zero-order chi connectivity index (χ0) is 62.1. The lowest BCUT2D eigenvalue weighted by molar-refractivity contribution is -0.384. The number of esters is 1. The van der Waals surface area contributed by atoms with Gasteiger partial charge in [0, 0.05) is 5.41 Å². The van der Waals surface area contributed by atoms with Crippen molar-refractivity contribution in [3.63, 3.8) is 0 Å². The molecular formula is C58H94O27. The van der Waals surface area contributed by atoms with Crippen LogP contribution in [-0.4, -0.2) is 274 Å². The van der Waals surface area contributed by atoms with Crippen LogP contribution in [0.1, 0.15) is 106 Å². The molecule has 488 valence electrons. The molecule has 0 amide bonds. The predicted molar refractivity (Wildman–Crippen MR) is 285 cm³/mol. The van der Waals surface area contributed by atoms with Crippen LogP contribution in [0.2, 0.25) is 0 Å². The summed E-state index contributed by atoms with van der Waals surface area (Å²) in [6.07, 6.45) is -31.0. The molecule has 27 nitrogen and oxygen atoms in total. The molecule has 10 aliphatic rings. The summed E-state index contributed by atoms with van der Waals surface area (Å²) >= 11 is 0. The van der Waals surface area contributed by atoms with Crippen molar-refractivity contribution in [3.8, 4) is 0 Å². The molecule has 10 rings (SSSR count). The molecule has 5 aliphatic heterocycles. The van der Waals surface area contributed by atoms with E-state index in [9.17, 15) is 81.7 Å². The number of carbonyl (C=O) groups excluding carboxylic acids is 1. The van der Waals surface area contributed by atoms with Crippen molar-refractivity contribution in [2.75, 3.05) is 39.6 Å². The first-order chi connectivity index (χ1) is 39.8. The maximum Gasteiger partial charge on any atom is 0.315 e. The minimum Gasteiger partial charge on any atom is -0.432 e. The summed E-state index contributed by atoms with van der Waals surface area (Å²) in [5, 5.41) is 175. The average Bonchev–Trinajstić information content (AvgIpc) is 0.971. The maximum atomic E-state index is 15.8. The number of hydrogen-bond donors (Lipinski definition) is 16. The van der Waals surface area contributed by atoms with E-state index in [2.05, 4.69) is 40.7 Å². The topological polar surface area (TPSA) is 433 Å². The van der Waals surface area contributed by atoms with Crippen LogP contribution in [0.5, 0.6) is 0 Å². The zero-order valence-corrected chi connectivity index (χ0v) is 49.3. The third-order valence-corrected chi connectivity index (χ3v) is 22.9. The first-order valence-corrected chi connectivity index (χ1v) is 30.2. The largest absolute Gasteiger partial charge is 0.432 e. The molecule has 0 unspecified atom stereocenters. The number of carbonyl (C=O) groups is 1. The highest BCUT2D eigenvalue weighted by Crippen LogP contribution is 2.76. The first kappa shape index (κ1) is 66.1. The fourth-order valence-electron chi connectivity index (χ4n) is 17.5. The molecule has 0 aromatic heterocycles. The number of ether oxygens (including phenoxy) is 10. The van der Waals surface area contributed by atoms with Crippen LogP contribution in [-0.2, 0) is 52.2 Å². The molecule has 0 radical (unpaired) electrons. The molecule has 0 bridgehead atoms. The van der Waals surface area contributed by atoms with Gasteiger partial charge in [0.2, 0.25) is 6.29 Å². The molecule has 0 spiro atoms. The van der Waals surface area contributed by atoms with Crippen molar-refractivity contribution in [3.05, 3.63) is 11.6 Å². The minimum absolute atomic E-state index is 0.0742. The Bertz CT molecular complexity index is 2390. The van der Waals surface area contributed by atoms with E-state index in [1.54, 1.807) is 0 Å². The van der Waals surface area contributed by atoms with Crippen molar-refractivity contribution in [1.29, 1.82) is 0 Å². The van der Waals surface area contributed by atoms with Crippen molar-refractivity contribution in [1.82, 2.24) is 0 Å². The summed E-state index contributed by atoms with van der Waals surface area (Å²) in [4.78, 5) is 15.8. The molecule has 16 N–H and O–H groups in total. The van der Waals surface area contributed by atoms with Gasteiger partial charge in [0.25, 0.3) is 0 Å². The van der Waals surface area contributed by atoms with Gasteiger partial charge in [-0.15, -0.1) is 0 Å². The lowest BCUT2D eigenvalue weighted by atomic mass is 9.33. The normalized spacial score (nSPS) is 55.1. The molecule has 0 aromatic rings. The highest BCUT2D eigenvalue weighted by Gasteiger charge is 2.72. The van der Waals surface area contributed by atoms with Gasteiger partial charge in [0.15, 0.2) is 31.3 Å². The Morgan fingerprint density at radius 2 is 1.20 bits per heavy atom. The second-order valence-corrected chi connectivity index (χ2v) is 28.3. The van der Waals surface area contributed by atoms with Crippen LogP contribution in [0.15, 0.2) is 11.6 Å². The van der Waals surface area contributed by atoms with E-state index in [1.165, 1.54) is 6.92 Å². The molecule has 85 heavy (non-hydrogen) atoms. The zero-order valence-electron chi connectivity index (χ0n) is 49.3. The Kier molecular flexibility index (Phi) is 18.7. The van der Waals surface area contributed by atoms with Gasteiger partial charge in [0.1, 0.15) is 91.1 Å². The summed E-state index contributed by atoms with van der Waals surface area (Å²) in [6.45, 7) is 10.3. The number of allylic oxidation sites excluding steroid dienone is 2. The fourth-order valence-corrected chi connectivity index (χ4v) is 17.5. The van der Waals surface area contributed by atoms with E-state index < -0.39 is 226 Å². The van der Waals surface area contributed by atoms with Gasteiger partial charge in [-0.25, -0.2) is 0 Å². The Balaban J connectivity index is 0.943. The highest BCUT2D eigenvalue weighted by molar-refractivity contribution is 5.79. The molecule has 4 saturated carbocycles. The molecular weight excluding hydrogens is 1130 g/mol. The van der Waals surface area contributed by atoms with Crippen molar-refractivity contribution in [2.24, 2.45) is 50.2 Å². The number of fused-ring (bicyclic) bond motifs is 7. The molecule has 5 heterocycles. The Hall–Kier alpha value is -1.79. The second-order valence-electron chi connectivity index (χ2n) is 28.3. The summed E-state index contributed by atoms with van der Waals surface area (Å²) in [6, 6.07) is 0. The summed E-state index contributed by atoms with van der Waals surface area (Å²) in [5.41, 5.74) is -5.32. The van der Waals surface area contributed by atoms with E-state index in [1.807, 2.05) is 6.92 Å². The Morgan fingerprint density at radius 1 is 0.588 bits per heavy atom. The first-order valence-electron chi connectivity index (χ1n) is 30.2. The maximum absolute atomic E-state index is 15.8. The number of aliphatic hydroxyl groups excluding tert-OH is 15. The van der Waals surface area contributed by atoms with Gasteiger partial charge in [-0.1, -0.05) is 53.2 Å². The van der Waals surface area contributed by atoms with Crippen LogP contribution in [0.3, 0.4) is 0 Å². The molecule has 32 atom stereocenters. The molecule has 0 aromatic carbocycles. The van der Waals surface area contributed by atoms with E-state index in [4.69, 9.17) is 47.4 Å². The van der Waals surface area contributed by atoms with Crippen LogP contribution in [0.25, 0.3) is 0 Å². The SMILES string of the molecule is C[C@@H]1O[C@@H](O[C@H]2[C@H](OC(=O)[C@]34CCC(C)(C)C[C@H]3C3=CC[C@@H]5[C@@]6(C)C[C@H](O)[C@H](O[C@@H]7O[C@H](CO)[C@@H](O)[C@H](O)[C@H]7O)[C@@](C)(CO)[C@@H]6CC[C@@]5(C)[C@]3(C)CC4)O[C@H](CO)[C@@H](O)[C@@H]2O[C@@H]2OC[C@](O)(CO)[C@H]2O)[C@H](O)[C@H](O)[C@H]1O[C@@H]1OC[C@@H](O)[C@H](O)[C@H]1O. The number of rotatable bonds is 14. The average molecular weight is 1220 g/mol. The molecule has 5 aliphatic carbocycles. The van der Waals surface area contributed by atoms with Crippen molar-refractivity contribution >= 4 is 5.97 Å². The van der Waals surface area contributed by atoms with Crippen LogP contribution >= 0.6 is 0 Å². The van der Waals surface area contributed by atoms with Crippen LogP contribution < -0.4 is 0 Å². The third-order valence-electron chi connectivity index (χ3n) is 22.9. The lowest BCUT2D eigenvalue weighted by Crippen LogP contribution is -2.69.